The molecule has 92 valence electrons. The molecule has 0 amide bonds. The quantitative estimate of drug-likeness (QED) is 0.633. The number of ether oxygens (including phenoxy) is 3. The minimum Gasteiger partial charge on any atom is -0.496 e. The van der Waals surface area contributed by atoms with Crippen LogP contribution in [-0.4, -0.2) is 25.8 Å². The molecule has 2 unspecified atom stereocenters. The molecule has 1 saturated heterocycles. The van der Waals surface area contributed by atoms with E-state index in [1.54, 1.807) is 14.0 Å². The van der Waals surface area contributed by atoms with Crippen LogP contribution in [0.5, 0.6) is 5.75 Å². The number of rotatable bonds is 4. The summed E-state index contributed by atoms with van der Waals surface area (Å²) in [6.07, 6.45) is -0.764. The number of carbonyl (C=O) groups excluding carboxylic acids is 1. The van der Waals surface area contributed by atoms with Crippen LogP contribution in [0.1, 0.15) is 18.6 Å². The molecule has 0 aliphatic carbocycles. The minimum absolute atomic E-state index is 0.263. The molecule has 1 aromatic rings. The maximum atomic E-state index is 11.5. The summed E-state index contributed by atoms with van der Waals surface area (Å²) in [5.74, 6) is 0.393. The van der Waals surface area contributed by atoms with E-state index >= 15 is 0 Å². The number of halogens is 1. The molecule has 2 atom stereocenters. The fourth-order valence-electron chi connectivity index (χ4n) is 1.68. The first-order valence-corrected chi connectivity index (χ1v) is 6.12. The number of benzene rings is 1. The van der Waals surface area contributed by atoms with Crippen molar-refractivity contribution in [2.45, 2.75) is 19.1 Å². The zero-order valence-electron chi connectivity index (χ0n) is 9.60. The molecule has 1 aliphatic rings. The van der Waals surface area contributed by atoms with Crippen molar-refractivity contribution in [3.05, 3.63) is 28.2 Å². The monoisotopic (exact) mass is 300 g/mol. The highest BCUT2D eigenvalue weighted by Gasteiger charge is 2.48. The number of epoxide rings is 1. The van der Waals surface area contributed by atoms with Gasteiger partial charge in [0.1, 0.15) is 11.9 Å². The molecule has 0 aromatic heterocycles. The minimum atomic E-state index is -0.502. The lowest BCUT2D eigenvalue weighted by Gasteiger charge is -2.06. The van der Waals surface area contributed by atoms with Gasteiger partial charge >= 0.3 is 5.97 Å². The van der Waals surface area contributed by atoms with Crippen LogP contribution < -0.4 is 4.74 Å². The van der Waals surface area contributed by atoms with E-state index in [1.165, 1.54) is 0 Å². The Kier molecular flexibility index (Phi) is 3.69. The van der Waals surface area contributed by atoms with Gasteiger partial charge in [0, 0.05) is 10.0 Å². The van der Waals surface area contributed by atoms with Crippen molar-refractivity contribution in [3.63, 3.8) is 0 Å². The molecule has 0 spiro atoms. The normalized spacial score (nSPS) is 22.1. The topological polar surface area (TPSA) is 48.1 Å². The van der Waals surface area contributed by atoms with Crippen molar-refractivity contribution >= 4 is 21.9 Å². The second-order valence-electron chi connectivity index (χ2n) is 3.62. The highest BCUT2D eigenvalue weighted by molar-refractivity contribution is 9.10. The van der Waals surface area contributed by atoms with E-state index in [4.69, 9.17) is 14.2 Å². The first-order valence-electron chi connectivity index (χ1n) is 5.33. The third-order valence-corrected chi connectivity index (χ3v) is 3.00. The fraction of sp³-hybridized carbons (Fsp3) is 0.417. The summed E-state index contributed by atoms with van der Waals surface area (Å²) < 4.78 is 16.4. The van der Waals surface area contributed by atoms with Crippen molar-refractivity contribution in [2.75, 3.05) is 13.7 Å². The van der Waals surface area contributed by atoms with Crippen LogP contribution in [0.3, 0.4) is 0 Å². The van der Waals surface area contributed by atoms with E-state index in [-0.39, 0.29) is 12.1 Å². The summed E-state index contributed by atoms with van der Waals surface area (Å²) in [6.45, 7) is 2.13. The van der Waals surface area contributed by atoms with E-state index in [1.807, 2.05) is 18.2 Å². The predicted molar refractivity (Wildman–Crippen MR) is 64.9 cm³/mol. The van der Waals surface area contributed by atoms with Crippen LogP contribution in [0.15, 0.2) is 22.7 Å². The maximum Gasteiger partial charge on any atom is 0.338 e. The lowest BCUT2D eigenvalue weighted by Crippen LogP contribution is -2.12. The summed E-state index contributed by atoms with van der Waals surface area (Å²) in [5, 5.41) is 0. The molecule has 1 aromatic carbocycles. The number of hydrogen-bond donors (Lipinski definition) is 0. The van der Waals surface area contributed by atoms with E-state index < -0.39 is 6.10 Å². The standard InChI is InChI=1S/C12H13BrO4/c1-3-16-12(14)11-10(17-11)8-6-7(13)4-5-9(8)15-2/h4-6,10-11H,3H2,1-2H3. The molecule has 5 heteroatoms. The van der Waals surface area contributed by atoms with Crippen LogP contribution in [0, 0.1) is 0 Å². The van der Waals surface area contributed by atoms with E-state index in [0.717, 1.165) is 10.0 Å². The van der Waals surface area contributed by atoms with Crippen LogP contribution in [-0.2, 0) is 14.3 Å². The zero-order chi connectivity index (χ0) is 12.4. The Morgan fingerprint density at radius 2 is 2.29 bits per heavy atom. The lowest BCUT2D eigenvalue weighted by molar-refractivity contribution is -0.144. The number of esters is 1. The SMILES string of the molecule is CCOC(=O)C1OC1c1cc(Br)ccc1OC. The molecule has 4 nitrogen and oxygen atoms in total. The van der Waals surface area contributed by atoms with Gasteiger partial charge in [-0.25, -0.2) is 4.79 Å². The number of carbonyl (C=O) groups is 1. The Hall–Kier alpha value is -1.07. The molecule has 0 bridgehead atoms. The number of hydrogen-bond acceptors (Lipinski definition) is 4. The van der Waals surface area contributed by atoms with Crippen molar-refractivity contribution < 1.29 is 19.0 Å². The Labute approximate surface area is 108 Å². The van der Waals surface area contributed by atoms with Crippen LogP contribution in [0.25, 0.3) is 0 Å². The summed E-state index contributed by atoms with van der Waals surface area (Å²) in [5.41, 5.74) is 0.861. The molecule has 1 aliphatic heterocycles. The van der Waals surface area contributed by atoms with Gasteiger partial charge in [-0.3, -0.25) is 0 Å². The smallest absolute Gasteiger partial charge is 0.338 e. The van der Waals surface area contributed by atoms with E-state index in [9.17, 15) is 4.79 Å². The van der Waals surface area contributed by atoms with Gasteiger partial charge in [0.25, 0.3) is 0 Å². The van der Waals surface area contributed by atoms with Gasteiger partial charge in [0.2, 0.25) is 0 Å². The predicted octanol–water partition coefficient (Wildman–Crippen LogP) is 2.46. The van der Waals surface area contributed by atoms with Crippen molar-refractivity contribution in [2.24, 2.45) is 0 Å². The van der Waals surface area contributed by atoms with Gasteiger partial charge in [-0.05, 0) is 25.1 Å². The molecular weight excluding hydrogens is 288 g/mol. The molecular formula is C12H13BrO4. The van der Waals surface area contributed by atoms with E-state index in [2.05, 4.69) is 15.9 Å². The summed E-state index contributed by atoms with van der Waals surface area (Å²) in [4.78, 5) is 11.5. The molecule has 0 radical (unpaired) electrons. The highest BCUT2D eigenvalue weighted by atomic mass is 79.9. The fourth-order valence-corrected chi connectivity index (χ4v) is 2.06. The van der Waals surface area contributed by atoms with Crippen LogP contribution in [0.2, 0.25) is 0 Å². The Morgan fingerprint density at radius 3 is 2.94 bits per heavy atom. The average Bonchev–Trinajstić information content (AvgIpc) is 3.09. The zero-order valence-corrected chi connectivity index (χ0v) is 11.2. The molecule has 1 heterocycles. The second-order valence-corrected chi connectivity index (χ2v) is 4.53. The van der Waals surface area contributed by atoms with Crippen molar-refractivity contribution in [3.8, 4) is 5.75 Å². The third kappa shape index (κ3) is 2.61. The van der Waals surface area contributed by atoms with Crippen molar-refractivity contribution in [1.82, 2.24) is 0 Å². The average molecular weight is 301 g/mol. The molecule has 17 heavy (non-hydrogen) atoms. The maximum absolute atomic E-state index is 11.5. The van der Waals surface area contributed by atoms with Gasteiger partial charge in [-0.15, -0.1) is 0 Å². The summed E-state index contributed by atoms with van der Waals surface area (Å²) >= 11 is 3.38. The molecule has 1 fully saturated rings. The molecule has 2 rings (SSSR count). The van der Waals surface area contributed by atoms with Gasteiger partial charge in [0.05, 0.1) is 13.7 Å². The highest BCUT2D eigenvalue weighted by Crippen LogP contribution is 2.44. The van der Waals surface area contributed by atoms with Crippen molar-refractivity contribution in [1.29, 1.82) is 0 Å². The van der Waals surface area contributed by atoms with Gasteiger partial charge in [-0.1, -0.05) is 15.9 Å². The first-order chi connectivity index (χ1) is 8.17. The molecule has 0 saturated carbocycles. The van der Waals surface area contributed by atoms with Gasteiger partial charge in [-0.2, -0.15) is 0 Å². The second kappa shape index (κ2) is 5.06. The Bertz CT molecular complexity index is 433. The van der Waals surface area contributed by atoms with Crippen LogP contribution in [0.4, 0.5) is 0 Å². The largest absolute Gasteiger partial charge is 0.496 e. The van der Waals surface area contributed by atoms with Gasteiger partial charge in [0.15, 0.2) is 6.10 Å². The Morgan fingerprint density at radius 1 is 1.53 bits per heavy atom. The van der Waals surface area contributed by atoms with Crippen LogP contribution >= 0.6 is 15.9 Å². The summed E-state index contributed by atoms with van der Waals surface area (Å²) in [6, 6.07) is 5.61. The lowest BCUT2D eigenvalue weighted by atomic mass is 10.1. The first kappa shape index (κ1) is 12.4. The molecule has 0 N–H and O–H groups in total. The summed E-state index contributed by atoms with van der Waals surface area (Å²) in [7, 11) is 1.59. The van der Waals surface area contributed by atoms with Gasteiger partial charge < -0.3 is 14.2 Å². The Balaban J connectivity index is 2.14. The van der Waals surface area contributed by atoms with E-state index in [0.29, 0.717) is 12.4 Å². The third-order valence-electron chi connectivity index (χ3n) is 2.51. The number of methoxy groups -OCH3 is 1.